The van der Waals surface area contributed by atoms with E-state index < -0.39 is 36.1 Å². The van der Waals surface area contributed by atoms with Crippen LogP contribution in [0, 0.1) is 0 Å². The number of carboxylic acids is 2. The van der Waals surface area contributed by atoms with Crippen LogP contribution in [-0.2, 0) is 35.1 Å². The van der Waals surface area contributed by atoms with E-state index in [0.29, 0.717) is 17.9 Å². The van der Waals surface area contributed by atoms with Gasteiger partial charge in [0.25, 0.3) is 0 Å². The maximum atomic E-state index is 12.3. The molecular formula is C51H42O10. The second kappa shape index (κ2) is 18.9. The Labute approximate surface area is 352 Å². The summed E-state index contributed by atoms with van der Waals surface area (Å²) in [6.45, 7) is 3.37. The van der Waals surface area contributed by atoms with E-state index in [1.165, 1.54) is 11.1 Å². The van der Waals surface area contributed by atoms with E-state index in [1.54, 1.807) is 13.8 Å². The van der Waals surface area contributed by atoms with Gasteiger partial charge in [-0.05, 0) is 88.0 Å². The predicted molar refractivity (Wildman–Crippen MR) is 232 cm³/mol. The molecule has 7 rings (SSSR count). The van der Waals surface area contributed by atoms with Crippen molar-refractivity contribution in [1.82, 2.24) is 0 Å². The molecule has 0 fully saturated rings. The molecule has 10 nitrogen and oxygen atoms in total. The molecule has 2 N–H and O–H groups in total. The highest BCUT2D eigenvalue weighted by atomic mass is 16.6. The minimum absolute atomic E-state index is 0.00631. The number of carboxylic acid groups (broad SMARTS) is 2. The average Bonchev–Trinajstić information content (AvgIpc) is 3.65. The number of carbonyl (C=O) groups is 4. The van der Waals surface area contributed by atoms with E-state index in [9.17, 15) is 19.2 Å². The lowest BCUT2D eigenvalue weighted by molar-refractivity contribution is -0.144. The van der Waals surface area contributed by atoms with Crippen molar-refractivity contribution in [3.05, 3.63) is 169 Å². The summed E-state index contributed by atoms with van der Waals surface area (Å²) in [6.07, 6.45) is 2.50. The first kappa shape index (κ1) is 41.4. The van der Waals surface area contributed by atoms with Gasteiger partial charge < -0.3 is 29.2 Å². The van der Waals surface area contributed by atoms with Gasteiger partial charge in [0, 0.05) is 35.4 Å². The van der Waals surface area contributed by atoms with Crippen molar-refractivity contribution in [2.45, 2.75) is 32.5 Å². The number of benzene rings is 6. The van der Waals surface area contributed by atoms with Crippen LogP contribution in [0.5, 0.6) is 11.5 Å². The minimum Gasteiger partial charge on any atom is -0.489 e. The Morgan fingerprint density at radius 2 is 0.967 bits per heavy atom. The van der Waals surface area contributed by atoms with E-state index >= 15 is 0 Å². The maximum Gasteiger partial charge on any atom is 0.331 e. The molecule has 61 heavy (non-hydrogen) atoms. The van der Waals surface area contributed by atoms with Gasteiger partial charge in [-0.1, -0.05) is 121 Å². The Morgan fingerprint density at radius 3 is 1.51 bits per heavy atom. The highest BCUT2D eigenvalue weighted by molar-refractivity contribution is 5.96. The molecule has 0 aliphatic heterocycles. The van der Waals surface area contributed by atoms with E-state index in [1.807, 2.05) is 97.1 Å². The lowest BCUT2D eigenvalue weighted by atomic mass is 9.86. The molecule has 2 atom stereocenters. The third-order valence-electron chi connectivity index (χ3n) is 10.0. The zero-order valence-electron chi connectivity index (χ0n) is 33.4. The van der Waals surface area contributed by atoms with Crippen molar-refractivity contribution < 1.29 is 48.3 Å². The van der Waals surface area contributed by atoms with Gasteiger partial charge in [-0.2, -0.15) is 0 Å². The minimum atomic E-state index is -1.25. The quantitative estimate of drug-likeness (QED) is 0.0714. The van der Waals surface area contributed by atoms with Crippen molar-refractivity contribution in [2.24, 2.45) is 0 Å². The van der Waals surface area contributed by atoms with Crippen molar-refractivity contribution in [3.8, 4) is 67.1 Å². The first-order chi connectivity index (χ1) is 29.5. The molecular weight excluding hydrogens is 773 g/mol. The van der Waals surface area contributed by atoms with Gasteiger partial charge in [-0.25, -0.2) is 19.2 Å². The SMILES string of the molecule is CC(COc1cc(-c2ccc3c(c2-c2ccc(-c4ccccc4)c(OCC(C)OC(=O)C=CC(=O)O)c2)Cc2ccccc2-3)ccc1-c1ccccc1)OC(=O)C=CC(=O)O. The number of rotatable bonds is 16. The molecule has 0 heterocycles. The fourth-order valence-corrected chi connectivity index (χ4v) is 7.34. The predicted octanol–water partition coefficient (Wildman–Crippen LogP) is 9.83. The summed E-state index contributed by atoms with van der Waals surface area (Å²) in [5.41, 5.74) is 11.9. The number of carbonyl (C=O) groups excluding carboxylic acids is 2. The van der Waals surface area contributed by atoms with Gasteiger partial charge in [0.05, 0.1) is 0 Å². The normalized spacial score (nSPS) is 12.6. The van der Waals surface area contributed by atoms with Gasteiger partial charge in [-0.3, -0.25) is 0 Å². The smallest absolute Gasteiger partial charge is 0.331 e. The molecule has 306 valence electrons. The van der Waals surface area contributed by atoms with Gasteiger partial charge in [0.15, 0.2) is 0 Å². The lowest BCUT2D eigenvalue weighted by Crippen LogP contribution is -2.21. The number of aliphatic carboxylic acids is 2. The van der Waals surface area contributed by atoms with E-state index in [2.05, 4.69) is 36.4 Å². The highest BCUT2D eigenvalue weighted by Gasteiger charge is 2.26. The molecule has 0 saturated heterocycles. The number of hydrogen-bond donors (Lipinski definition) is 2. The first-order valence-electron chi connectivity index (χ1n) is 19.7. The van der Waals surface area contributed by atoms with Crippen LogP contribution in [-0.4, -0.2) is 59.5 Å². The third-order valence-corrected chi connectivity index (χ3v) is 10.0. The van der Waals surface area contributed by atoms with Crippen molar-refractivity contribution in [2.75, 3.05) is 13.2 Å². The Balaban J connectivity index is 1.31. The Hall–Kier alpha value is -7.72. The Morgan fingerprint density at radius 1 is 0.508 bits per heavy atom. The number of esters is 2. The summed E-state index contributed by atoms with van der Waals surface area (Å²) >= 11 is 0. The fourth-order valence-electron chi connectivity index (χ4n) is 7.34. The number of fused-ring (bicyclic) bond motifs is 3. The van der Waals surface area contributed by atoms with Crippen LogP contribution in [0.25, 0.3) is 55.6 Å². The van der Waals surface area contributed by atoms with Crippen molar-refractivity contribution in [3.63, 3.8) is 0 Å². The molecule has 0 bridgehead atoms. The zero-order chi connectivity index (χ0) is 42.9. The van der Waals surface area contributed by atoms with E-state index in [0.717, 1.165) is 79.9 Å². The molecule has 0 amide bonds. The lowest BCUT2D eigenvalue weighted by Gasteiger charge is -2.21. The fraction of sp³-hybridized carbons (Fsp3) is 0.137. The van der Waals surface area contributed by atoms with Crippen LogP contribution in [0.4, 0.5) is 0 Å². The molecule has 0 radical (unpaired) electrons. The molecule has 1 aliphatic carbocycles. The second-order valence-electron chi connectivity index (χ2n) is 14.5. The maximum absolute atomic E-state index is 12.3. The van der Waals surface area contributed by atoms with Gasteiger partial charge in [0.1, 0.15) is 36.9 Å². The molecule has 10 heteroatoms. The molecule has 0 aromatic heterocycles. The number of hydrogen-bond acceptors (Lipinski definition) is 8. The average molecular weight is 815 g/mol. The summed E-state index contributed by atoms with van der Waals surface area (Å²) in [7, 11) is 0. The van der Waals surface area contributed by atoms with Gasteiger partial charge in [-0.15, -0.1) is 0 Å². The summed E-state index contributed by atoms with van der Waals surface area (Å²) in [4.78, 5) is 46.4. The van der Waals surface area contributed by atoms with E-state index in [-0.39, 0.29) is 13.2 Å². The van der Waals surface area contributed by atoms with Crippen LogP contribution in [0.3, 0.4) is 0 Å². The summed E-state index contributed by atoms with van der Waals surface area (Å²) < 4.78 is 23.7. The summed E-state index contributed by atoms with van der Waals surface area (Å²) in [5.74, 6) is -2.95. The van der Waals surface area contributed by atoms with Gasteiger partial charge >= 0.3 is 23.9 Å². The van der Waals surface area contributed by atoms with Crippen LogP contribution in [0.15, 0.2) is 158 Å². The third kappa shape index (κ3) is 10.1. The molecule has 6 aromatic rings. The summed E-state index contributed by atoms with van der Waals surface area (Å²) in [6, 6.07) is 44.5. The molecule has 6 aromatic carbocycles. The standard InChI is InChI=1S/C51H42O10/c1-32(60-49(56)25-23-47(52)53)30-58-45-28-37(17-19-40(45)34-11-5-3-6-12-34)42-21-22-43-39-16-10-9-15-36(39)27-44(43)51(42)38-18-20-41(35-13-7-4-8-14-35)46(29-38)59-31-33(2)61-50(57)26-24-48(54)55/h3-26,28-29,32-33H,27,30-31H2,1-2H3,(H,52,53)(H,54,55). The van der Waals surface area contributed by atoms with Crippen LogP contribution in [0.1, 0.15) is 25.0 Å². The molecule has 2 unspecified atom stereocenters. The monoisotopic (exact) mass is 814 g/mol. The van der Waals surface area contributed by atoms with Crippen LogP contribution in [0.2, 0.25) is 0 Å². The van der Waals surface area contributed by atoms with E-state index in [4.69, 9.17) is 29.2 Å². The van der Waals surface area contributed by atoms with Gasteiger partial charge in [0.2, 0.25) is 0 Å². The summed E-state index contributed by atoms with van der Waals surface area (Å²) in [5, 5.41) is 17.8. The second-order valence-corrected chi connectivity index (χ2v) is 14.5. The number of ether oxygens (including phenoxy) is 4. The topological polar surface area (TPSA) is 146 Å². The van der Waals surface area contributed by atoms with Crippen LogP contribution >= 0.6 is 0 Å². The van der Waals surface area contributed by atoms with Crippen molar-refractivity contribution in [1.29, 1.82) is 0 Å². The largest absolute Gasteiger partial charge is 0.489 e. The zero-order valence-corrected chi connectivity index (χ0v) is 33.4. The van der Waals surface area contributed by atoms with Crippen molar-refractivity contribution >= 4 is 23.9 Å². The molecule has 1 aliphatic rings. The molecule has 0 spiro atoms. The van der Waals surface area contributed by atoms with Crippen LogP contribution < -0.4 is 9.47 Å². The Kier molecular flexibility index (Phi) is 12.8. The Bertz CT molecular complexity index is 2650. The molecule has 0 saturated carbocycles. The first-order valence-corrected chi connectivity index (χ1v) is 19.7. The highest BCUT2D eigenvalue weighted by Crippen LogP contribution is 2.48.